The summed E-state index contributed by atoms with van der Waals surface area (Å²) in [5.74, 6) is -0.828. The van der Waals surface area contributed by atoms with Crippen molar-refractivity contribution in [3.63, 3.8) is 0 Å². The van der Waals surface area contributed by atoms with E-state index < -0.39 is 5.97 Å². The van der Waals surface area contributed by atoms with Gasteiger partial charge in [-0.1, -0.05) is 25.1 Å². The Morgan fingerprint density at radius 3 is 2.71 bits per heavy atom. The van der Waals surface area contributed by atoms with E-state index in [1.165, 1.54) is 0 Å². The number of aliphatic carboxylic acids is 1. The fourth-order valence-electron chi connectivity index (χ4n) is 2.06. The molecule has 0 bridgehead atoms. The van der Waals surface area contributed by atoms with Crippen molar-refractivity contribution in [3.8, 4) is 5.69 Å². The Bertz CT molecular complexity index is 582. The van der Waals surface area contributed by atoms with Crippen LogP contribution in [0.25, 0.3) is 5.69 Å². The number of hydrogen-bond acceptors (Lipinski definition) is 4. The molecule has 6 heteroatoms. The van der Waals surface area contributed by atoms with Gasteiger partial charge in [-0.25, -0.2) is 0 Å². The normalized spacial score (nSPS) is 12.5. The van der Waals surface area contributed by atoms with E-state index in [1.807, 2.05) is 49.1 Å². The van der Waals surface area contributed by atoms with Gasteiger partial charge in [-0.2, -0.15) is 15.0 Å². The molecule has 1 N–H and O–H groups in total. The number of rotatable bonds is 7. The molecule has 1 aromatic carbocycles. The first-order valence-electron chi connectivity index (χ1n) is 7.02. The highest BCUT2D eigenvalue weighted by atomic mass is 16.4. The Morgan fingerprint density at radius 1 is 1.38 bits per heavy atom. The molecule has 0 amide bonds. The van der Waals surface area contributed by atoms with E-state index in [0.717, 1.165) is 17.8 Å². The van der Waals surface area contributed by atoms with Gasteiger partial charge in [0.2, 0.25) is 0 Å². The number of para-hydroxylation sites is 1. The van der Waals surface area contributed by atoms with Crippen LogP contribution >= 0.6 is 0 Å². The third-order valence-corrected chi connectivity index (χ3v) is 3.44. The smallest absolute Gasteiger partial charge is 0.317 e. The molecule has 0 aliphatic heterocycles. The minimum Gasteiger partial charge on any atom is -0.480 e. The maximum Gasteiger partial charge on any atom is 0.317 e. The number of carboxylic acid groups (broad SMARTS) is 1. The molecule has 0 saturated heterocycles. The van der Waals surface area contributed by atoms with Crippen LogP contribution in [0.5, 0.6) is 0 Å². The Balaban J connectivity index is 2.11. The second-order valence-corrected chi connectivity index (χ2v) is 5.02. The lowest BCUT2D eigenvalue weighted by Crippen LogP contribution is -2.36. The van der Waals surface area contributed by atoms with Crippen LogP contribution in [0, 0.1) is 0 Å². The fourth-order valence-corrected chi connectivity index (χ4v) is 2.06. The summed E-state index contributed by atoms with van der Waals surface area (Å²) in [7, 11) is 0. The molecule has 1 heterocycles. The predicted molar refractivity (Wildman–Crippen MR) is 79.2 cm³/mol. The number of hydrogen-bond donors (Lipinski definition) is 1. The van der Waals surface area contributed by atoms with Gasteiger partial charge in [0.25, 0.3) is 0 Å². The zero-order chi connectivity index (χ0) is 15.2. The van der Waals surface area contributed by atoms with Crippen LogP contribution in [0.2, 0.25) is 0 Å². The zero-order valence-corrected chi connectivity index (χ0v) is 12.3. The van der Waals surface area contributed by atoms with E-state index in [4.69, 9.17) is 5.11 Å². The van der Waals surface area contributed by atoms with Gasteiger partial charge in [0.05, 0.1) is 24.1 Å². The third-order valence-electron chi connectivity index (χ3n) is 3.44. The van der Waals surface area contributed by atoms with Crippen molar-refractivity contribution in [3.05, 3.63) is 42.2 Å². The van der Waals surface area contributed by atoms with E-state index in [1.54, 1.807) is 11.0 Å². The monoisotopic (exact) mass is 288 g/mol. The van der Waals surface area contributed by atoms with Crippen molar-refractivity contribution < 1.29 is 9.90 Å². The van der Waals surface area contributed by atoms with Crippen LogP contribution < -0.4 is 0 Å². The van der Waals surface area contributed by atoms with Crippen LogP contribution in [0.3, 0.4) is 0 Å². The Hall–Kier alpha value is -2.21. The van der Waals surface area contributed by atoms with Gasteiger partial charge < -0.3 is 5.11 Å². The number of carboxylic acids is 1. The summed E-state index contributed by atoms with van der Waals surface area (Å²) in [6.45, 7) is 4.55. The number of nitrogens with zero attached hydrogens (tertiary/aromatic N) is 4. The van der Waals surface area contributed by atoms with E-state index in [0.29, 0.717) is 6.54 Å². The molecule has 6 nitrogen and oxygen atoms in total. The third kappa shape index (κ3) is 4.13. The van der Waals surface area contributed by atoms with Crippen LogP contribution in [-0.4, -0.2) is 43.6 Å². The second kappa shape index (κ2) is 6.99. The molecule has 1 unspecified atom stereocenters. The van der Waals surface area contributed by atoms with Crippen molar-refractivity contribution >= 4 is 5.97 Å². The quantitative estimate of drug-likeness (QED) is 0.843. The van der Waals surface area contributed by atoms with E-state index in [-0.39, 0.29) is 12.6 Å². The highest BCUT2D eigenvalue weighted by Gasteiger charge is 2.17. The van der Waals surface area contributed by atoms with Gasteiger partial charge in [0.1, 0.15) is 0 Å². The molecular weight excluding hydrogens is 268 g/mol. The number of benzene rings is 1. The van der Waals surface area contributed by atoms with Crippen LogP contribution in [0.15, 0.2) is 36.5 Å². The van der Waals surface area contributed by atoms with Crippen molar-refractivity contribution in [2.75, 3.05) is 6.54 Å². The summed E-state index contributed by atoms with van der Waals surface area (Å²) in [6.07, 6.45) is 2.57. The van der Waals surface area contributed by atoms with Gasteiger partial charge in [0.15, 0.2) is 0 Å². The minimum absolute atomic E-state index is 0.00715. The average molecular weight is 288 g/mol. The lowest BCUT2D eigenvalue weighted by atomic mass is 10.2. The van der Waals surface area contributed by atoms with Crippen molar-refractivity contribution in [2.45, 2.75) is 32.9 Å². The minimum atomic E-state index is -0.828. The summed E-state index contributed by atoms with van der Waals surface area (Å²) in [4.78, 5) is 14.4. The molecule has 0 aliphatic carbocycles. The van der Waals surface area contributed by atoms with Crippen molar-refractivity contribution in [1.82, 2.24) is 19.9 Å². The van der Waals surface area contributed by atoms with E-state index in [9.17, 15) is 4.79 Å². The lowest BCUT2D eigenvalue weighted by Gasteiger charge is -2.25. The van der Waals surface area contributed by atoms with Gasteiger partial charge in [-0.15, -0.1) is 0 Å². The number of carbonyl (C=O) groups is 1. The molecule has 2 aromatic rings. The molecule has 0 radical (unpaired) electrons. The van der Waals surface area contributed by atoms with E-state index >= 15 is 0 Å². The maximum absolute atomic E-state index is 11.0. The molecule has 0 saturated carbocycles. The molecule has 0 fully saturated rings. The summed E-state index contributed by atoms with van der Waals surface area (Å²) in [5.41, 5.74) is 1.65. The highest BCUT2D eigenvalue weighted by molar-refractivity contribution is 5.69. The van der Waals surface area contributed by atoms with Gasteiger partial charge >= 0.3 is 5.97 Å². The van der Waals surface area contributed by atoms with Crippen LogP contribution in [-0.2, 0) is 11.3 Å². The van der Waals surface area contributed by atoms with Gasteiger partial charge in [-0.3, -0.25) is 9.69 Å². The fraction of sp³-hybridized carbons (Fsp3) is 0.400. The molecule has 1 aromatic heterocycles. The molecule has 21 heavy (non-hydrogen) atoms. The second-order valence-electron chi connectivity index (χ2n) is 5.02. The topological polar surface area (TPSA) is 71.2 Å². The lowest BCUT2D eigenvalue weighted by molar-refractivity contribution is -0.139. The molecule has 112 valence electrons. The zero-order valence-electron chi connectivity index (χ0n) is 12.3. The molecule has 0 spiro atoms. The average Bonchev–Trinajstić information content (AvgIpc) is 2.95. The Kier molecular flexibility index (Phi) is 5.05. The largest absolute Gasteiger partial charge is 0.480 e. The Morgan fingerprint density at radius 2 is 2.10 bits per heavy atom. The van der Waals surface area contributed by atoms with Crippen molar-refractivity contribution in [1.29, 1.82) is 0 Å². The van der Waals surface area contributed by atoms with Gasteiger partial charge in [0, 0.05) is 12.6 Å². The first-order valence-corrected chi connectivity index (χ1v) is 7.02. The number of aromatic nitrogens is 3. The van der Waals surface area contributed by atoms with Crippen LogP contribution in [0.4, 0.5) is 0 Å². The first kappa shape index (κ1) is 15.2. The summed E-state index contributed by atoms with van der Waals surface area (Å²) < 4.78 is 0. The highest BCUT2D eigenvalue weighted by Crippen LogP contribution is 2.10. The first-order chi connectivity index (χ1) is 10.1. The summed E-state index contributed by atoms with van der Waals surface area (Å²) in [6, 6.07) is 9.82. The molecule has 1 atom stereocenters. The maximum atomic E-state index is 11.0. The summed E-state index contributed by atoms with van der Waals surface area (Å²) >= 11 is 0. The standard InChI is InChI=1S/C15H20N4O2/c1-3-12(2)18(11-15(20)21)10-13-9-16-19(17-13)14-7-5-4-6-8-14/h4-9,12H,3,10-11H2,1-2H3,(H,20,21). The van der Waals surface area contributed by atoms with Crippen LogP contribution in [0.1, 0.15) is 26.0 Å². The Labute approximate surface area is 124 Å². The van der Waals surface area contributed by atoms with Gasteiger partial charge in [-0.05, 0) is 25.5 Å². The summed E-state index contributed by atoms with van der Waals surface area (Å²) in [5, 5.41) is 17.7. The van der Waals surface area contributed by atoms with E-state index in [2.05, 4.69) is 10.2 Å². The SMILES string of the molecule is CCC(C)N(CC(=O)O)Cc1cnn(-c2ccccc2)n1. The predicted octanol–water partition coefficient (Wildman–Crippen LogP) is 1.95. The molecule has 0 aliphatic rings. The molecule has 2 rings (SSSR count). The van der Waals surface area contributed by atoms with Crippen molar-refractivity contribution in [2.24, 2.45) is 0 Å². The molecular formula is C15H20N4O2.